The molecule has 2 atom stereocenters. The molecule has 0 aromatic heterocycles. The number of carboxylic acid groups (broad SMARTS) is 1. The Morgan fingerprint density at radius 1 is 1.21 bits per heavy atom. The summed E-state index contributed by atoms with van der Waals surface area (Å²) in [6, 6.07) is -1.07. The lowest BCUT2D eigenvalue weighted by molar-refractivity contribution is -0.141. The number of urea groups is 1. The van der Waals surface area contributed by atoms with E-state index < -0.39 is 24.0 Å². The molecule has 19 heavy (non-hydrogen) atoms. The molecule has 0 spiro atoms. The van der Waals surface area contributed by atoms with E-state index in [1.165, 1.54) is 16.7 Å². The third kappa shape index (κ3) is 5.58. The van der Waals surface area contributed by atoms with Crippen molar-refractivity contribution in [2.75, 3.05) is 27.2 Å². The number of likely N-dealkylation sites (N-methyl/N-ethyl adjacent to an activating group) is 1. The molecule has 0 bridgehead atoms. The molecular formula is C12H23N3O4. The second-order valence-corrected chi connectivity index (χ2v) is 4.68. The molecule has 2 unspecified atom stereocenters. The van der Waals surface area contributed by atoms with Crippen LogP contribution in [0.2, 0.25) is 0 Å². The van der Waals surface area contributed by atoms with Gasteiger partial charge in [-0.25, -0.2) is 4.79 Å². The smallest absolute Gasteiger partial charge is 0.318 e. The first-order valence-electron chi connectivity index (χ1n) is 6.20. The molecule has 0 radical (unpaired) electrons. The average molecular weight is 273 g/mol. The summed E-state index contributed by atoms with van der Waals surface area (Å²) in [5.41, 5.74) is 0. The summed E-state index contributed by atoms with van der Waals surface area (Å²) in [6.45, 7) is 5.38. The molecule has 3 amide bonds. The fourth-order valence-electron chi connectivity index (χ4n) is 1.49. The predicted molar refractivity (Wildman–Crippen MR) is 70.7 cm³/mol. The summed E-state index contributed by atoms with van der Waals surface area (Å²) in [6.07, 6.45) is 0. The van der Waals surface area contributed by atoms with Crippen molar-refractivity contribution in [3.05, 3.63) is 0 Å². The van der Waals surface area contributed by atoms with E-state index in [4.69, 9.17) is 5.11 Å². The number of nitrogens with one attached hydrogen (secondary N) is 1. The quantitative estimate of drug-likeness (QED) is 0.724. The van der Waals surface area contributed by atoms with Crippen molar-refractivity contribution in [2.24, 2.45) is 5.92 Å². The minimum Gasteiger partial charge on any atom is -0.481 e. The predicted octanol–water partition coefficient (Wildman–Crippen LogP) is 0.215. The Labute approximate surface area is 113 Å². The third-order valence-electron chi connectivity index (χ3n) is 2.74. The summed E-state index contributed by atoms with van der Waals surface area (Å²) < 4.78 is 0. The molecule has 0 saturated carbocycles. The van der Waals surface area contributed by atoms with Crippen LogP contribution in [-0.2, 0) is 9.59 Å². The lowest BCUT2D eigenvalue weighted by Crippen LogP contribution is -2.50. The second kappa shape index (κ2) is 7.60. The Morgan fingerprint density at radius 3 is 2.11 bits per heavy atom. The van der Waals surface area contributed by atoms with Crippen molar-refractivity contribution in [3.63, 3.8) is 0 Å². The van der Waals surface area contributed by atoms with Gasteiger partial charge in [-0.15, -0.1) is 0 Å². The van der Waals surface area contributed by atoms with Gasteiger partial charge in [0.1, 0.15) is 6.04 Å². The molecule has 0 aliphatic rings. The van der Waals surface area contributed by atoms with Crippen LogP contribution in [0.1, 0.15) is 20.8 Å². The molecule has 2 N–H and O–H groups in total. The van der Waals surface area contributed by atoms with E-state index in [-0.39, 0.29) is 12.5 Å². The number of hydrogen-bond acceptors (Lipinski definition) is 3. The van der Waals surface area contributed by atoms with Gasteiger partial charge in [-0.05, 0) is 13.8 Å². The molecule has 0 aliphatic heterocycles. The third-order valence-corrected chi connectivity index (χ3v) is 2.74. The largest absolute Gasteiger partial charge is 0.481 e. The van der Waals surface area contributed by atoms with Gasteiger partial charge in [0, 0.05) is 27.2 Å². The molecule has 0 rings (SSSR count). The van der Waals surface area contributed by atoms with Gasteiger partial charge in [-0.2, -0.15) is 0 Å². The van der Waals surface area contributed by atoms with Crippen LogP contribution in [0.4, 0.5) is 4.79 Å². The highest BCUT2D eigenvalue weighted by molar-refractivity contribution is 5.86. The van der Waals surface area contributed by atoms with E-state index in [0.717, 1.165) is 0 Å². The molecule has 7 nitrogen and oxygen atoms in total. The van der Waals surface area contributed by atoms with Gasteiger partial charge >= 0.3 is 12.0 Å². The molecule has 0 heterocycles. The summed E-state index contributed by atoms with van der Waals surface area (Å²) in [7, 11) is 3.21. The van der Waals surface area contributed by atoms with Crippen LogP contribution < -0.4 is 5.32 Å². The zero-order valence-corrected chi connectivity index (χ0v) is 12.1. The summed E-state index contributed by atoms with van der Waals surface area (Å²) >= 11 is 0. The van der Waals surface area contributed by atoms with Crippen molar-refractivity contribution >= 4 is 17.9 Å². The number of carbonyl (C=O) groups is 3. The van der Waals surface area contributed by atoms with Crippen molar-refractivity contribution in [1.29, 1.82) is 0 Å². The first kappa shape index (κ1) is 17.2. The number of nitrogens with zero attached hydrogens (tertiary/aromatic N) is 2. The van der Waals surface area contributed by atoms with E-state index >= 15 is 0 Å². The zero-order valence-electron chi connectivity index (χ0n) is 12.1. The summed E-state index contributed by atoms with van der Waals surface area (Å²) in [5.74, 6) is -1.81. The van der Waals surface area contributed by atoms with Crippen LogP contribution in [0.3, 0.4) is 0 Å². The molecule has 0 aromatic rings. The lowest BCUT2D eigenvalue weighted by Gasteiger charge is -2.26. The Morgan fingerprint density at radius 2 is 1.74 bits per heavy atom. The number of rotatable bonds is 6. The first-order chi connectivity index (χ1) is 8.70. The van der Waals surface area contributed by atoms with E-state index in [2.05, 4.69) is 5.32 Å². The molecule has 0 aliphatic carbocycles. The van der Waals surface area contributed by atoms with Gasteiger partial charge < -0.3 is 20.2 Å². The molecule has 0 saturated heterocycles. The van der Waals surface area contributed by atoms with Gasteiger partial charge in [0.15, 0.2) is 0 Å². The van der Waals surface area contributed by atoms with Crippen LogP contribution in [0, 0.1) is 5.92 Å². The average Bonchev–Trinajstić information content (AvgIpc) is 2.33. The van der Waals surface area contributed by atoms with Crippen LogP contribution in [0.15, 0.2) is 0 Å². The standard InChI is InChI=1S/C12H23N3O4/c1-6-15(7-8(2)11(17)18)12(19)13-9(3)10(16)14(4)5/h8-9H,6-7H2,1-5H3,(H,13,19)(H,17,18). The van der Waals surface area contributed by atoms with Crippen LogP contribution in [-0.4, -0.2) is 66.0 Å². The summed E-state index contributed by atoms with van der Waals surface area (Å²) in [4.78, 5) is 37.1. The maximum absolute atomic E-state index is 11.9. The van der Waals surface area contributed by atoms with Crippen molar-refractivity contribution in [3.8, 4) is 0 Å². The maximum Gasteiger partial charge on any atom is 0.318 e. The van der Waals surface area contributed by atoms with E-state index in [0.29, 0.717) is 6.54 Å². The summed E-state index contributed by atoms with van der Waals surface area (Å²) in [5, 5.41) is 11.4. The fraction of sp³-hybridized carbons (Fsp3) is 0.750. The monoisotopic (exact) mass is 273 g/mol. The van der Waals surface area contributed by atoms with Gasteiger partial charge in [-0.1, -0.05) is 6.92 Å². The highest BCUT2D eigenvalue weighted by Gasteiger charge is 2.23. The minimum atomic E-state index is -0.955. The molecule has 0 fully saturated rings. The van der Waals surface area contributed by atoms with Crippen molar-refractivity contribution in [2.45, 2.75) is 26.8 Å². The first-order valence-corrected chi connectivity index (χ1v) is 6.20. The number of aliphatic carboxylic acids is 1. The second-order valence-electron chi connectivity index (χ2n) is 4.68. The van der Waals surface area contributed by atoms with E-state index in [1.54, 1.807) is 27.9 Å². The van der Waals surface area contributed by atoms with Gasteiger partial charge in [0.2, 0.25) is 5.91 Å². The van der Waals surface area contributed by atoms with E-state index in [1.807, 2.05) is 0 Å². The van der Waals surface area contributed by atoms with Crippen LogP contribution in [0.5, 0.6) is 0 Å². The van der Waals surface area contributed by atoms with Crippen molar-refractivity contribution < 1.29 is 19.5 Å². The highest BCUT2D eigenvalue weighted by Crippen LogP contribution is 2.01. The molecule has 7 heteroatoms. The molecule has 110 valence electrons. The normalized spacial score (nSPS) is 13.3. The maximum atomic E-state index is 11.9. The number of hydrogen-bond donors (Lipinski definition) is 2. The Balaban J connectivity index is 4.52. The Kier molecular flexibility index (Phi) is 6.89. The van der Waals surface area contributed by atoms with E-state index in [9.17, 15) is 14.4 Å². The van der Waals surface area contributed by atoms with Crippen LogP contribution >= 0.6 is 0 Å². The van der Waals surface area contributed by atoms with Gasteiger partial charge in [-0.3, -0.25) is 9.59 Å². The number of carbonyl (C=O) groups excluding carboxylic acids is 2. The van der Waals surface area contributed by atoms with Gasteiger partial charge in [0.05, 0.1) is 5.92 Å². The Hall–Kier alpha value is -1.79. The Bertz CT molecular complexity index is 344. The van der Waals surface area contributed by atoms with Crippen molar-refractivity contribution in [1.82, 2.24) is 15.1 Å². The van der Waals surface area contributed by atoms with Crippen LogP contribution in [0.25, 0.3) is 0 Å². The minimum absolute atomic E-state index is 0.112. The lowest BCUT2D eigenvalue weighted by atomic mass is 10.2. The zero-order chi connectivity index (χ0) is 15.2. The fourth-order valence-corrected chi connectivity index (χ4v) is 1.49. The number of amides is 3. The SMILES string of the molecule is CCN(CC(C)C(=O)O)C(=O)NC(C)C(=O)N(C)C. The van der Waals surface area contributed by atoms with Gasteiger partial charge in [0.25, 0.3) is 0 Å². The molecular weight excluding hydrogens is 250 g/mol. The number of carboxylic acids is 1. The molecule has 0 aromatic carbocycles. The topological polar surface area (TPSA) is 90.0 Å². The highest BCUT2D eigenvalue weighted by atomic mass is 16.4.